The summed E-state index contributed by atoms with van der Waals surface area (Å²) in [6.07, 6.45) is 3.64. The summed E-state index contributed by atoms with van der Waals surface area (Å²) in [5, 5.41) is 4.60. The Morgan fingerprint density at radius 2 is 1.28 bits per heavy atom. The minimum absolute atomic E-state index is 0.847. The first kappa shape index (κ1) is 25.8. The molecule has 47 heavy (non-hydrogen) atoms. The van der Waals surface area contributed by atoms with Gasteiger partial charge in [-0.05, 0) is 48.5 Å². The van der Waals surface area contributed by atoms with Crippen molar-refractivity contribution in [3.63, 3.8) is 0 Å². The number of hydrogen-bond acceptors (Lipinski definition) is 2. The van der Waals surface area contributed by atoms with Crippen molar-refractivity contribution >= 4 is 54.8 Å². The number of furan rings is 1. The molecule has 0 bridgehead atoms. The Labute approximate surface area is 269 Å². The molecule has 10 rings (SSSR count). The molecule has 0 aliphatic rings. The molecule has 0 atom stereocenters. The largest absolute Gasteiger partial charge is 0.456 e. The molecule has 0 amide bonds. The smallest absolute Gasteiger partial charge is 0.269 e. The van der Waals surface area contributed by atoms with E-state index in [0.29, 0.717) is 0 Å². The molecule has 0 fully saturated rings. The molecule has 0 aliphatic carbocycles. The van der Waals surface area contributed by atoms with Gasteiger partial charge in [0.05, 0.1) is 39.1 Å². The third kappa shape index (κ3) is 3.90. The molecule has 0 unspecified atom stereocenters. The normalized spacial score (nSPS) is 11.8. The predicted molar refractivity (Wildman–Crippen MR) is 188 cm³/mol. The number of pyridine rings is 1. The van der Waals surface area contributed by atoms with Gasteiger partial charge in [-0.2, -0.15) is 0 Å². The summed E-state index contributed by atoms with van der Waals surface area (Å²) in [7, 11) is 0. The van der Waals surface area contributed by atoms with Crippen molar-refractivity contribution in [3.05, 3.63) is 164 Å². The number of nitrogens with zero attached hydrogens (tertiary/aromatic N) is 4. The van der Waals surface area contributed by atoms with Crippen molar-refractivity contribution in [2.45, 2.75) is 0 Å². The highest BCUT2D eigenvalue weighted by molar-refractivity contribution is 6.17. The Bertz CT molecular complexity index is 2800. The topological polar surface area (TPSA) is 39.8 Å². The average molecular weight is 603 g/mol. The fourth-order valence-corrected chi connectivity index (χ4v) is 7.02. The molecule has 0 saturated heterocycles. The molecule has 220 valence electrons. The Kier molecular flexibility index (Phi) is 5.51. The number of hydrogen-bond donors (Lipinski definition) is 0. The molecule has 4 aromatic heterocycles. The van der Waals surface area contributed by atoms with E-state index in [1.165, 1.54) is 10.8 Å². The summed E-state index contributed by atoms with van der Waals surface area (Å²) in [5.74, 6) is 0.847. The van der Waals surface area contributed by atoms with Gasteiger partial charge in [0, 0.05) is 33.2 Å². The first-order chi connectivity index (χ1) is 23.3. The highest BCUT2D eigenvalue weighted by atomic mass is 16.3. The van der Waals surface area contributed by atoms with Gasteiger partial charge in [0.25, 0.3) is 6.33 Å². The number of para-hydroxylation sites is 6. The molecule has 5 nitrogen and oxygen atoms in total. The standard InChI is InChI=1S/C42H26N4O/c1-2-13-28(14-3-1)44-27-45(38-22-10-9-21-37(38)44)35-19-7-5-17-31(35)34-18-12-24-42(43-34)46-36-20-8-4-15-29(36)32-25-33-30-16-6-11-23-40(30)47-41(33)26-39(32)46/h1-26H. The lowest BCUT2D eigenvalue weighted by atomic mass is 10.1. The second-order valence-corrected chi connectivity index (χ2v) is 11.8. The summed E-state index contributed by atoms with van der Waals surface area (Å²) in [5.41, 5.74) is 10.0. The van der Waals surface area contributed by atoms with Crippen molar-refractivity contribution in [2.75, 3.05) is 0 Å². The van der Waals surface area contributed by atoms with E-state index in [0.717, 1.165) is 72.5 Å². The minimum atomic E-state index is 0.847. The van der Waals surface area contributed by atoms with E-state index < -0.39 is 0 Å². The van der Waals surface area contributed by atoms with Gasteiger partial charge in [-0.25, -0.2) is 4.98 Å². The van der Waals surface area contributed by atoms with Gasteiger partial charge in [0.1, 0.15) is 17.0 Å². The Morgan fingerprint density at radius 3 is 2.19 bits per heavy atom. The second kappa shape index (κ2) is 10.0. The van der Waals surface area contributed by atoms with Crippen LogP contribution in [0.15, 0.2) is 162 Å². The molecular formula is C42H26N4O. The van der Waals surface area contributed by atoms with Crippen molar-refractivity contribution in [2.24, 2.45) is 0 Å². The van der Waals surface area contributed by atoms with E-state index in [1.807, 2.05) is 18.2 Å². The van der Waals surface area contributed by atoms with Gasteiger partial charge >= 0.3 is 0 Å². The lowest BCUT2D eigenvalue weighted by Gasteiger charge is -2.13. The monoisotopic (exact) mass is 602 g/mol. The Morgan fingerprint density at radius 1 is 0.532 bits per heavy atom. The van der Waals surface area contributed by atoms with E-state index in [9.17, 15) is 0 Å². The summed E-state index contributed by atoms with van der Waals surface area (Å²) >= 11 is 0. The molecule has 10 aromatic rings. The lowest BCUT2D eigenvalue weighted by molar-refractivity contribution is -0.571. The molecule has 0 spiro atoms. The summed E-state index contributed by atoms with van der Waals surface area (Å²) < 4.78 is 12.8. The molecule has 0 saturated carbocycles. The van der Waals surface area contributed by atoms with E-state index >= 15 is 0 Å². The second-order valence-electron chi connectivity index (χ2n) is 11.8. The number of benzene rings is 6. The molecule has 6 aromatic carbocycles. The van der Waals surface area contributed by atoms with Crippen molar-refractivity contribution in [1.29, 1.82) is 0 Å². The van der Waals surface area contributed by atoms with E-state index in [2.05, 4.69) is 160 Å². The maximum absolute atomic E-state index is 6.33. The zero-order valence-corrected chi connectivity index (χ0v) is 25.2. The van der Waals surface area contributed by atoms with Crippen LogP contribution >= 0.6 is 0 Å². The first-order valence-electron chi connectivity index (χ1n) is 15.7. The Hall–Kier alpha value is -6.46. The van der Waals surface area contributed by atoms with Crippen LogP contribution < -0.4 is 4.57 Å². The van der Waals surface area contributed by atoms with Crippen LogP contribution in [0.1, 0.15) is 0 Å². The van der Waals surface area contributed by atoms with Crippen LogP contribution in [0, 0.1) is 6.33 Å². The minimum Gasteiger partial charge on any atom is -0.456 e. The van der Waals surface area contributed by atoms with Gasteiger partial charge in [-0.15, -0.1) is 0 Å². The number of imidazole rings is 1. The molecule has 0 N–H and O–H groups in total. The molecule has 0 aliphatic heterocycles. The quantitative estimate of drug-likeness (QED) is 0.149. The van der Waals surface area contributed by atoms with Gasteiger partial charge in [-0.1, -0.05) is 103 Å². The zero-order valence-electron chi connectivity index (χ0n) is 25.2. The summed E-state index contributed by atoms with van der Waals surface area (Å²) in [6, 6.07) is 54.7. The van der Waals surface area contributed by atoms with Crippen LogP contribution in [-0.2, 0) is 0 Å². The third-order valence-corrected chi connectivity index (χ3v) is 9.13. The molecule has 4 heterocycles. The average Bonchev–Trinajstić information content (AvgIpc) is 3.80. The third-order valence-electron chi connectivity index (χ3n) is 9.13. The highest BCUT2D eigenvalue weighted by Gasteiger charge is 2.19. The molecular weight excluding hydrogens is 576 g/mol. The van der Waals surface area contributed by atoms with Crippen molar-refractivity contribution in [1.82, 2.24) is 14.1 Å². The number of aromatic nitrogens is 4. The maximum Gasteiger partial charge on any atom is 0.269 e. The number of fused-ring (bicyclic) bond motifs is 7. The van der Waals surface area contributed by atoms with Crippen molar-refractivity contribution < 1.29 is 8.98 Å². The molecule has 5 heteroatoms. The molecule has 0 radical (unpaired) electrons. The fourth-order valence-electron chi connectivity index (χ4n) is 7.02. The number of rotatable bonds is 4. The zero-order chi connectivity index (χ0) is 30.9. The highest BCUT2D eigenvalue weighted by Crippen LogP contribution is 2.38. The van der Waals surface area contributed by atoms with Gasteiger partial charge in [0.15, 0.2) is 0 Å². The van der Waals surface area contributed by atoms with E-state index in [1.54, 1.807) is 0 Å². The lowest BCUT2D eigenvalue weighted by Crippen LogP contribution is -2.30. The van der Waals surface area contributed by atoms with E-state index in [4.69, 9.17) is 9.40 Å². The summed E-state index contributed by atoms with van der Waals surface area (Å²) in [4.78, 5) is 5.34. The fraction of sp³-hybridized carbons (Fsp3) is 0. The van der Waals surface area contributed by atoms with Crippen molar-refractivity contribution in [3.8, 4) is 28.5 Å². The van der Waals surface area contributed by atoms with Crippen LogP contribution in [0.3, 0.4) is 0 Å². The Balaban J connectivity index is 1.18. The van der Waals surface area contributed by atoms with Crippen LogP contribution in [0.5, 0.6) is 0 Å². The summed E-state index contributed by atoms with van der Waals surface area (Å²) in [6.45, 7) is 0. The van der Waals surface area contributed by atoms with Crippen LogP contribution in [-0.4, -0.2) is 14.1 Å². The van der Waals surface area contributed by atoms with Gasteiger partial charge in [0.2, 0.25) is 0 Å². The van der Waals surface area contributed by atoms with Gasteiger partial charge < -0.3 is 4.42 Å². The van der Waals surface area contributed by atoms with E-state index in [-0.39, 0.29) is 0 Å². The maximum atomic E-state index is 6.33. The van der Waals surface area contributed by atoms with Crippen LogP contribution in [0.2, 0.25) is 0 Å². The predicted octanol–water partition coefficient (Wildman–Crippen LogP) is 9.77. The van der Waals surface area contributed by atoms with Gasteiger partial charge in [-0.3, -0.25) is 13.7 Å². The SMILES string of the molecule is [c-]1n(-c2ccccc2)c2ccccc2[n+]1-c1ccccc1-c1cccc(-n2c3ccccc3c3cc4c(cc32)oc2ccccc24)n1. The first-order valence-corrected chi connectivity index (χ1v) is 15.7. The van der Waals surface area contributed by atoms with Crippen LogP contribution in [0.25, 0.3) is 83.2 Å². The van der Waals surface area contributed by atoms with Crippen LogP contribution in [0.4, 0.5) is 0 Å².